The van der Waals surface area contributed by atoms with Gasteiger partial charge in [0.1, 0.15) is 12.2 Å². The Morgan fingerprint density at radius 1 is 1.32 bits per heavy atom. The summed E-state index contributed by atoms with van der Waals surface area (Å²) in [6.45, 7) is 0.406. The van der Waals surface area contributed by atoms with E-state index in [1.807, 2.05) is 0 Å². The summed E-state index contributed by atoms with van der Waals surface area (Å²) in [5.74, 6) is 0.00391. The zero-order valence-corrected chi connectivity index (χ0v) is 11.6. The van der Waals surface area contributed by atoms with E-state index < -0.39 is 23.6 Å². The number of hydrogen-bond donors (Lipinski definition) is 0. The van der Waals surface area contributed by atoms with Crippen LogP contribution < -0.4 is 9.64 Å². The fourth-order valence-electron chi connectivity index (χ4n) is 3.20. The van der Waals surface area contributed by atoms with Crippen molar-refractivity contribution in [3.8, 4) is 5.88 Å². The minimum absolute atomic E-state index is 0.00391. The Balaban J connectivity index is 1.82. The molecule has 4 rings (SSSR count). The Kier molecular flexibility index (Phi) is 2.65. The van der Waals surface area contributed by atoms with Crippen molar-refractivity contribution in [1.82, 2.24) is 4.98 Å². The van der Waals surface area contributed by atoms with E-state index in [1.54, 1.807) is 0 Å². The number of ether oxygens (including phenoxy) is 2. The first-order valence-electron chi connectivity index (χ1n) is 7.12. The Morgan fingerprint density at radius 2 is 2.09 bits per heavy atom. The van der Waals surface area contributed by atoms with E-state index in [0.717, 1.165) is 25.3 Å². The lowest BCUT2D eigenvalue weighted by molar-refractivity contribution is -0.141. The average Bonchev–Trinajstić information content (AvgIpc) is 2.99. The van der Waals surface area contributed by atoms with Crippen LogP contribution in [0.4, 0.5) is 23.7 Å². The van der Waals surface area contributed by atoms with Gasteiger partial charge in [0.15, 0.2) is 5.69 Å². The second-order valence-electron chi connectivity index (χ2n) is 5.89. The maximum atomic E-state index is 13.1. The van der Waals surface area contributed by atoms with E-state index in [0.29, 0.717) is 12.0 Å². The second-order valence-corrected chi connectivity index (χ2v) is 5.89. The number of nitrogens with zero attached hydrogens (tertiary/aromatic N) is 2. The highest BCUT2D eigenvalue weighted by molar-refractivity contribution is 5.91. The zero-order chi connectivity index (χ0) is 15.5. The third-order valence-electron chi connectivity index (χ3n) is 4.48. The number of halogens is 3. The summed E-state index contributed by atoms with van der Waals surface area (Å²) in [5.41, 5.74) is -0.690. The Bertz CT molecular complexity index is 655. The Morgan fingerprint density at radius 3 is 2.64 bits per heavy atom. The molecule has 2 fully saturated rings. The first kappa shape index (κ1) is 13.7. The van der Waals surface area contributed by atoms with Crippen molar-refractivity contribution in [2.75, 3.05) is 18.1 Å². The van der Waals surface area contributed by atoms with Crippen LogP contribution in [0.25, 0.3) is 0 Å². The topological polar surface area (TPSA) is 51.7 Å². The summed E-state index contributed by atoms with van der Waals surface area (Å²) in [5, 5.41) is 0. The van der Waals surface area contributed by atoms with Gasteiger partial charge in [0.2, 0.25) is 5.88 Å². The van der Waals surface area contributed by atoms with Gasteiger partial charge in [-0.05, 0) is 25.3 Å². The maximum Gasteiger partial charge on any atom is 0.433 e. The summed E-state index contributed by atoms with van der Waals surface area (Å²) in [6.07, 6.45) is -2.14. The molecule has 1 saturated heterocycles. The van der Waals surface area contributed by atoms with Crippen LogP contribution in [0, 0.1) is 0 Å². The first-order chi connectivity index (χ1) is 10.4. The van der Waals surface area contributed by atoms with Crippen LogP contribution >= 0.6 is 0 Å². The molecule has 1 spiro atoms. The molecule has 0 unspecified atom stereocenters. The molecule has 8 heteroatoms. The first-order valence-corrected chi connectivity index (χ1v) is 7.12. The normalized spacial score (nSPS) is 22.3. The van der Waals surface area contributed by atoms with E-state index in [4.69, 9.17) is 9.47 Å². The number of aromatic nitrogens is 1. The third-order valence-corrected chi connectivity index (χ3v) is 4.48. The zero-order valence-electron chi connectivity index (χ0n) is 11.6. The lowest BCUT2D eigenvalue weighted by Gasteiger charge is -2.36. The SMILES string of the molecule is O=C1OCCN1c1cc(C(F)(F)F)nc2c1CC1(CCC1)O2. The lowest BCUT2D eigenvalue weighted by Crippen LogP contribution is -2.41. The van der Waals surface area contributed by atoms with Gasteiger partial charge >= 0.3 is 12.3 Å². The average molecular weight is 314 g/mol. The van der Waals surface area contributed by atoms with E-state index in [9.17, 15) is 18.0 Å². The highest BCUT2D eigenvalue weighted by Gasteiger charge is 2.48. The number of anilines is 1. The van der Waals surface area contributed by atoms with Gasteiger partial charge in [-0.25, -0.2) is 9.78 Å². The highest BCUT2D eigenvalue weighted by Crippen LogP contribution is 2.49. The van der Waals surface area contributed by atoms with Gasteiger partial charge in [0.05, 0.1) is 12.2 Å². The molecular weight excluding hydrogens is 301 g/mol. The van der Waals surface area contributed by atoms with Gasteiger partial charge in [0.25, 0.3) is 0 Å². The third kappa shape index (κ3) is 1.93. The number of hydrogen-bond acceptors (Lipinski definition) is 4. The minimum Gasteiger partial charge on any atom is -0.470 e. The smallest absolute Gasteiger partial charge is 0.433 e. The van der Waals surface area contributed by atoms with Crippen LogP contribution in [0.15, 0.2) is 6.07 Å². The molecule has 3 aliphatic rings. The molecule has 0 atom stereocenters. The van der Waals surface area contributed by atoms with Gasteiger partial charge < -0.3 is 9.47 Å². The molecule has 1 saturated carbocycles. The quantitative estimate of drug-likeness (QED) is 0.800. The number of rotatable bonds is 1. The van der Waals surface area contributed by atoms with E-state index in [2.05, 4.69) is 4.98 Å². The summed E-state index contributed by atoms with van der Waals surface area (Å²) in [4.78, 5) is 16.6. The molecule has 5 nitrogen and oxygen atoms in total. The standard InChI is InChI=1S/C14H13F3N2O3/c15-14(16,17)10-6-9(19-4-5-21-12(19)20)8-7-13(2-1-3-13)22-11(8)18-10/h6H,1-5,7H2. The Hall–Kier alpha value is -1.99. The van der Waals surface area contributed by atoms with Crippen LogP contribution in [-0.2, 0) is 17.3 Å². The van der Waals surface area contributed by atoms with Crippen molar-refractivity contribution in [3.05, 3.63) is 17.3 Å². The molecule has 22 heavy (non-hydrogen) atoms. The summed E-state index contributed by atoms with van der Waals surface area (Å²) >= 11 is 0. The molecule has 1 aliphatic carbocycles. The van der Waals surface area contributed by atoms with E-state index >= 15 is 0 Å². The summed E-state index contributed by atoms with van der Waals surface area (Å²) in [6, 6.07) is 0.923. The molecule has 0 N–H and O–H groups in total. The molecule has 1 aromatic heterocycles. The van der Waals surface area contributed by atoms with Crippen LogP contribution in [0.5, 0.6) is 5.88 Å². The number of alkyl halides is 3. The van der Waals surface area contributed by atoms with Crippen molar-refractivity contribution < 1.29 is 27.4 Å². The predicted molar refractivity (Wildman–Crippen MR) is 68.8 cm³/mol. The number of fused-ring (bicyclic) bond motifs is 1. The summed E-state index contributed by atoms with van der Waals surface area (Å²) < 4.78 is 49.7. The summed E-state index contributed by atoms with van der Waals surface area (Å²) in [7, 11) is 0. The van der Waals surface area contributed by atoms with Crippen LogP contribution in [0.3, 0.4) is 0 Å². The van der Waals surface area contributed by atoms with Crippen LogP contribution in [0.1, 0.15) is 30.5 Å². The van der Waals surface area contributed by atoms with Crippen molar-refractivity contribution in [3.63, 3.8) is 0 Å². The van der Waals surface area contributed by atoms with Crippen LogP contribution in [-0.4, -0.2) is 29.8 Å². The number of pyridine rings is 1. The van der Waals surface area contributed by atoms with Crippen molar-refractivity contribution in [2.24, 2.45) is 0 Å². The van der Waals surface area contributed by atoms with Crippen LogP contribution in [0.2, 0.25) is 0 Å². The van der Waals surface area contributed by atoms with E-state index in [-0.39, 0.29) is 24.7 Å². The molecule has 0 aromatic carbocycles. The highest BCUT2D eigenvalue weighted by atomic mass is 19.4. The molecule has 1 amide bonds. The predicted octanol–water partition coefficient (Wildman–Crippen LogP) is 2.91. The molecule has 1 aromatic rings. The number of amides is 1. The monoisotopic (exact) mass is 314 g/mol. The second kappa shape index (κ2) is 4.27. The van der Waals surface area contributed by atoms with Gasteiger partial charge in [-0.15, -0.1) is 0 Å². The molecular formula is C14H13F3N2O3. The molecule has 2 aliphatic heterocycles. The maximum absolute atomic E-state index is 13.1. The van der Waals surface area contributed by atoms with Crippen molar-refractivity contribution in [2.45, 2.75) is 37.5 Å². The van der Waals surface area contributed by atoms with Gasteiger partial charge in [-0.1, -0.05) is 0 Å². The number of cyclic esters (lactones) is 1. The van der Waals surface area contributed by atoms with Crippen molar-refractivity contribution in [1.29, 1.82) is 0 Å². The molecule has 0 bridgehead atoms. The molecule has 3 heterocycles. The number of carbonyl (C=O) groups is 1. The lowest BCUT2D eigenvalue weighted by atomic mass is 9.77. The minimum atomic E-state index is -4.59. The van der Waals surface area contributed by atoms with E-state index in [1.165, 1.54) is 4.90 Å². The fraction of sp³-hybridized carbons (Fsp3) is 0.571. The molecule has 0 radical (unpaired) electrons. The van der Waals surface area contributed by atoms with Gasteiger partial charge in [-0.2, -0.15) is 13.2 Å². The fourth-order valence-corrected chi connectivity index (χ4v) is 3.20. The largest absolute Gasteiger partial charge is 0.470 e. The van der Waals surface area contributed by atoms with Gasteiger partial charge in [0, 0.05) is 12.0 Å². The molecule has 118 valence electrons. The number of carbonyl (C=O) groups excluding carboxylic acids is 1. The Labute approximate surface area is 124 Å². The van der Waals surface area contributed by atoms with Crippen molar-refractivity contribution >= 4 is 11.8 Å². The van der Waals surface area contributed by atoms with Gasteiger partial charge in [-0.3, -0.25) is 4.90 Å².